The molecule has 0 unspecified atom stereocenters. The average molecular weight is 214 g/mol. The van der Waals surface area contributed by atoms with Crippen LogP contribution in [0, 0.1) is 11.3 Å². The molecule has 0 fully saturated rings. The number of aromatic nitrogens is 1. The number of carboxylic acid groups (broad SMARTS) is 1. The van der Waals surface area contributed by atoms with E-state index in [0.717, 1.165) is 16.5 Å². The van der Waals surface area contributed by atoms with Crippen LogP contribution < -0.4 is 0 Å². The van der Waals surface area contributed by atoms with E-state index in [4.69, 9.17) is 10.4 Å². The Kier molecular flexibility index (Phi) is 2.61. The van der Waals surface area contributed by atoms with Crippen LogP contribution in [0.2, 0.25) is 0 Å². The predicted molar refractivity (Wildman–Crippen MR) is 59.0 cm³/mol. The average Bonchev–Trinajstić information content (AvgIpc) is 2.68. The molecule has 0 saturated carbocycles. The number of carboxylic acids is 1. The minimum Gasteiger partial charge on any atom is -0.481 e. The third-order valence-corrected chi connectivity index (χ3v) is 2.50. The first-order valence-electron chi connectivity index (χ1n) is 4.92. The van der Waals surface area contributed by atoms with Crippen LogP contribution in [0.25, 0.3) is 10.9 Å². The Morgan fingerprint density at radius 2 is 2.31 bits per heavy atom. The van der Waals surface area contributed by atoms with Gasteiger partial charge in [0.15, 0.2) is 0 Å². The number of hydrogen-bond donors (Lipinski definition) is 2. The maximum absolute atomic E-state index is 10.5. The number of carbonyl (C=O) groups is 1. The number of nitrogens with zero attached hydrogens (tertiary/aromatic N) is 1. The van der Waals surface area contributed by atoms with E-state index in [1.807, 2.05) is 6.07 Å². The number of fused-ring (bicyclic) bond motifs is 1. The van der Waals surface area contributed by atoms with E-state index < -0.39 is 5.97 Å². The molecule has 1 aromatic carbocycles. The van der Waals surface area contributed by atoms with E-state index in [0.29, 0.717) is 12.0 Å². The Bertz CT molecular complexity index is 578. The number of H-pyrrole nitrogens is 1. The summed E-state index contributed by atoms with van der Waals surface area (Å²) in [5.74, 6) is -0.803. The molecule has 2 N–H and O–H groups in total. The SMILES string of the molecule is N#Cc1ccc2c(CCC(=O)O)c[nH]c2c1. The minimum atomic E-state index is -0.803. The molecule has 16 heavy (non-hydrogen) atoms. The van der Waals surface area contributed by atoms with Gasteiger partial charge in [0.1, 0.15) is 0 Å². The zero-order valence-corrected chi connectivity index (χ0v) is 8.53. The molecule has 0 aliphatic heterocycles. The number of nitrogens with one attached hydrogen (secondary N) is 1. The number of benzene rings is 1. The van der Waals surface area contributed by atoms with E-state index in [9.17, 15) is 4.79 Å². The highest BCUT2D eigenvalue weighted by atomic mass is 16.4. The Labute approximate surface area is 92.1 Å². The van der Waals surface area contributed by atoms with Gasteiger partial charge in [-0.15, -0.1) is 0 Å². The molecule has 0 bridgehead atoms. The number of aliphatic carboxylic acids is 1. The van der Waals surface area contributed by atoms with Crippen LogP contribution in [0.3, 0.4) is 0 Å². The summed E-state index contributed by atoms with van der Waals surface area (Å²) < 4.78 is 0. The molecule has 0 atom stereocenters. The van der Waals surface area contributed by atoms with E-state index in [2.05, 4.69) is 11.1 Å². The summed E-state index contributed by atoms with van der Waals surface area (Å²) >= 11 is 0. The van der Waals surface area contributed by atoms with E-state index in [-0.39, 0.29) is 6.42 Å². The number of aryl methyl sites for hydroxylation is 1. The second-order valence-electron chi connectivity index (χ2n) is 3.58. The van der Waals surface area contributed by atoms with Crippen molar-refractivity contribution in [1.29, 1.82) is 5.26 Å². The van der Waals surface area contributed by atoms with Gasteiger partial charge in [-0.25, -0.2) is 0 Å². The smallest absolute Gasteiger partial charge is 0.303 e. The van der Waals surface area contributed by atoms with Gasteiger partial charge in [-0.1, -0.05) is 6.07 Å². The molecular weight excluding hydrogens is 204 g/mol. The van der Waals surface area contributed by atoms with Crippen LogP contribution in [0.5, 0.6) is 0 Å². The van der Waals surface area contributed by atoms with Crippen molar-refractivity contribution < 1.29 is 9.90 Å². The van der Waals surface area contributed by atoms with Crippen LogP contribution in [-0.2, 0) is 11.2 Å². The maximum Gasteiger partial charge on any atom is 0.303 e. The normalized spacial score (nSPS) is 10.2. The first-order valence-corrected chi connectivity index (χ1v) is 4.92. The monoisotopic (exact) mass is 214 g/mol. The second kappa shape index (κ2) is 4.07. The largest absolute Gasteiger partial charge is 0.481 e. The summed E-state index contributed by atoms with van der Waals surface area (Å²) in [4.78, 5) is 13.5. The van der Waals surface area contributed by atoms with Crippen molar-refractivity contribution >= 4 is 16.9 Å². The van der Waals surface area contributed by atoms with Crippen molar-refractivity contribution in [3.63, 3.8) is 0 Å². The summed E-state index contributed by atoms with van der Waals surface area (Å²) in [5, 5.41) is 18.3. The molecule has 80 valence electrons. The standard InChI is InChI=1S/C12H10N2O2/c13-6-8-1-3-10-9(2-4-12(15)16)7-14-11(10)5-8/h1,3,5,7,14H,2,4H2,(H,15,16). The van der Waals surface area contributed by atoms with Crippen molar-refractivity contribution in [2.45, 2.75) is 12.8 Å². The zero-order valence-electron chi connectivity index (χ0n) is 8.53. The van der Waals surface area contributed by atoms with Crippen molar-refractivity contribution in [2.75, 3.05) is 0 Å². The van der Waals surface area contributed by atoms with Gasteiger partial charge < -0.3 is 10.1 Å². The highest BCUT2D eigenvalue weighted by Crippen LogP contribution is 2.20. The fourth-order valence-electron chi connectivity index (χ4n) is 1.70. The summed E-state index contributed by atoms with van der Waals surface area (Å²) in [6.45, 7) is 0. The lowest BCUT2D eigenvalue weighted by atomic mass is 10.1. The van der Waals surface area contributed by atoms with Gasteiger partial charge in [-0.2, -0.15) is 5.26 Å². The molecule has 4 heteroatoms. The molecule has 0 aliphatic rings. The predicted octanol–water partition coefficient (Wildman–Crippen LogP) is 2.06. The third kappa shape index (κ3) is 1.89. The Morgan fingerprint density at radius 1 is 1.50 bits per heavy atom. The van der Waals surface area contributed by atoms with Gasteiger partial charge in [-0.3, -0.25) is 4.79 Å². The van der Waals surface area contributed by atoms with Gasteiger partial charge in [0, 0.05) is 23.5 Å². The minimum absolute atomic E-state index is 0.118. The number of nitriles is 1. The van der Waals surface area contributed by atoms with E-state index >= 15 is 0 Å². The fraction of sp³-hybridized carbons (Fsp3) is 0.167. The van der Waals surface area contributed by atoms with Gasteiger partial charge in [-0.05, 0) is 24.1 Å². The molecule has 1 aromatic heterocycles. The summed E-state index contributed by atoms with van der Waals surface area (Å²) in [6, 6.07) is 7.41. The van der Waals surface area contributed by atoms with Crippen LogP contribution in [0.4, 0.5) is 0 Å². The lowest BCUT2D eigenvalue weighted by Gasteiger charge is -1.96. The van der Waals surface area contributed by atoms with Crippen LogP contribution in [0.1, 0.15) is 17.5 Å². The summed E-state index contributed by atoms with van der Waals surface area (Å²) in [6.07, 6.45) is 2.42. The fourth-order valence-corrected chi connectivity index (χ4v) is 1.70. The van der Waals surface area contributed by atoms with E-state index in [1.54, 1.807) is 18.3 Å². The molecular formula is C12H10N2O2. The van der Waals surface area contributed by atoms with Crippen molar-refractivity contribution in [2.24, 2.45) is 0 Å². The van der Waals surface area contributed by atoms with Crippen LogP contribution >= 0.6 is 0 Å². The topological polar surface area (TPSA) is 76.9 Å². The number of hydrogen-bond acceptors (Lipinski definition) is 2. The molecule has 2 aromatic rings. The number of rotatable bonds is 3. The first-order chi connectivity index (χ1) is 7.70. The van der Waals surface area contributed by atoms with Gasteiger partial charge >= 0.3 is 5.97 Å². The van der Waals surface area contributed by atoms with Crippen molar-refractivity contribution in [3.8, 4) is 6.07 Å². The number of aromatic amines is 1. The lowest BCUT2D eigenvalue weighted by Crippen LogP contribution is -1.96. The van der Waals surface area contributed by atoms with E-state index in [1.165, 1.54) is 0 Å². The molecule has 0 spiro atoms. The lowest BCUT2D eigenvalue weighted by molar-refractivity contribution is -0.136. The Morgan fingerprint density at radius 3 is 3.00 bits per heavy atom. The highest BCUT2D eigenvalue weighted by Gasteiger charge is 2.06. The Hall–Kier alpha value is -2.28. The maximum atomic E-state index is 10.5. The highest BCUT2D eigenvalue weighted by molar-refractivity contribution is 5.84. The summed E-state index contributed by atoms with van der Waals surface area (Å²) in [7, 11) is 0. The molecule has 0 saturated heterocycles. The second-order valence-corrected chi connectivity index (χ2v) is 3.58. The molecule has 4 nitrogen and oxygen atoms in total. The molecule has 1 heterocycles. The molecule has 0 radical (unpaired) electrons. The van der Waals surface area contributed by atoms with Gasteiger partial charge in [0.2, 0.25) is 0 Å². The quantitative estimate of drug-likeness (QED) is 0.820. The van der Waals surface area contributed by atoms with Gasteiger partial charge in [0.25, 0.3) is 0 Å². The van der Waals surface area contributed by atoms with Gasteiger partial charge in [0.05, 0.1) is 11.6 Å². The summed E-state index contributed by atoms with van der Waals surface area (Å²) in [5.41, 5.74) is 2.44. The van der Waals surface area contributed by atoms with Crippen LogP contribution in [0.15, 0.2) is 24.4 Å². The van der Waals surface area contributed by atoms with Crippen molar-refractivity contribution in [1.82, 2.24) is 4.98 Å². The van der Waals surface area contributed by atoms with Crippen LogP contribution in [-0.4, -0.2) is 16.1 Å². The van der Waals surface area contributed by atoms with Crippen molar-refractivity contribution in [3.05, 3.63) is 35.5 Å². The molecule has 0 aliphatic carbocycles. The molecule has 0 amide bonds. The Balaban J connectivity index is 2.35. The molecule has 2 rings (SSSR count). The first kappa shape index (κ1) is 10.2. The zero-order chi connectivity index (χ0) is 11.5. The third-order valence-electron chi connectivity index (χ3n) is 2.50.